The van der Waals surface area contributed by atoms with Gasteiger partial charge in [-0.3, -0.25) is 0 Å². The lowest BCUT2D eigenvalue weighted by molar-refractivity contribution is -0.275. The highest BCUT2D eigenvalue weighted by molar-refractivity contribution is 6.10. The summed E-state index contributed by atoms with van der Waals surface area (Å²) in [6, 6.07) is 16.1. The first-order chi connectivity index (χ1) is 18.3. The first-order valence-corrected chi connectivity index (χ1v) is 11.0. The van der Waals surface area contributed by atoms with Gasteiger partial charge in [0.1, 0.15) is 29.2 Å². The Balaban J connectivity index is 1.78. The monoisotopic (exact) mass is 535 g/mol. The first-order valence-electron chi connectivity index (χ1n) is 11.0. The number of fused-ring (bicyclic) bond motifs is 6. The number of hydrogen-bond acceptors (Lipinski definition) is 5. The van der Waals surface area contributed by atoms with Gasteiger partial charge in [0.2, 0.25) is 0 Å². The van der Waals surface area contributed by atoms with Crippen LogP contribution in [0.1, 0.15) is 29.2 Å². The largest absolute Gasteiger partial charge is 0.573 e. The topological polar surface area (TPSA) is 89.8 Å². The van der Waals surface area contributed by atoms with E-state index in [1.807, 2.05) is 6.07 Å². The predicted octanol–water partition coefficient (Wildman–Crippen LogP) is 7.64. The molecule has 0 N–H and O–H groups in total. The van der Waals surface area contributed by atoms with Crippen LogP contribution in [0.2, 0.25) is 0 Å². The van der Waals surface area contributed by atoms with Crippen LogP contribution >= 0.6 is 0 Å². The van der Waals surface area contributed by atoms with Crippen LogP contribution in [-0.4, -0.2) is 12.7 Å². The molecule has 2 aliphatic carbocycles. The highest BCUT2D eigenvalue weighted by Gasteiger charge is 2.36. The van der Waals surface area contributed by atoms with Crippen LogP contribution < -0.4 is 9.47 Å². The Morgan fingerprint density at radius 1 is 0.564 bits per heavy atom. The highest BCUT2D eigenvalue weighted by Crippen LogP contribution is 2.54. The van der Waals surface area contributed by atoms with Crippen molar-refractivity contribution in [1.29, 1.82) is 15.8 Å². The molecule has 0 bridgehead atoms. The minimum atomic E-state index is -4.97. The Morgan fingerprint density at radius 3 is 1.41 bits per heavy atom. The maximum absolute atomic E-state index is 12.9. The third-order valence-electron chi connectivity index (χ3n) is 6.28. The van der Waals surface area contributed by atoms with Gasteiger partial charge in [0.05, 0.1) is 6.07 Å². The van der Waals surface area contributed by atoms with E-state index >= 15 is 0 Å². The van der Waals surface area contributed by atoms with E-state index in [0.29, 0.717) is 44.5 Å². The third-order valence-corrected chi connectivity index (χ3v) is 6.28. The zero-order valence-electron chi connectivity index (χ0n) is 19.5. The van der Waals surface area contributed by atoms with Crippen LogP contribution in [-0.2, 0) is 0 Å². The molecule has 0 unspecified atom stereocenters. The molecule has 5 rings (SSSR count). The molecule has 39 heavy (non-hydrogen) atoms. The van der Waals surface area contributed by atoms with E-state index in [1.165, 1.54) is 25.1 Å². The lowest BCUT2D eigenvalue weighted by Crippen LogP contribution is -2.17. The number of rotatable bonds is 2. The number of allylic oxidation sites excluding steroid dienone is 2. The number of nitrogens with zero attached hydrogens (tertiary/aromatic N) is 3. The molecular weight excluding hydrogens is 524 g/mol. The molecule has 0 aromatic heterocycles. The standard InChI is InChI=1S/C28H11F6N3O2/c1-13(10-35)25-21-6-15(38-27(29,30)31)2-4-17(21)19-8-20-18-5-3-16(39-28(32,33)34)7-22(18)26(14(11-36)12-37)24(20)9-23(19)25/h2-9H,1H3/b25-13+. The van der Waals surface area contributed by atoms with Gasteiger partial charge in [-0.05, 0) is 87.8 Å². The molecule has 3 aromatic rings. The minimum Gasteiger partial charge on any atom is -0.406 e. The quantitative estimate of drug-likeness (QED) is 0.171. The van der Waals surface area contributed by atoms with Gasteiger partial charge in [0, 0.05) is 16.7 Å². The fraction of sp³-hybridized carbons (Fsp3) is 0.107. The Hall–Kier alpha value is -5.21. The molecule has 0 spiro atoms. The molecule has 0 saturated heterocycles. The summed E-state index contributed by atoms with van der Waals surface area (Å²) in [7, 11) is 0. The van der Waals surface area contributed by atoms with Crippen molar-refractivity contribution >= 4 is 11.1 Å². The van der Waals surface area contributed by atoms with Gasteiger partial charge < -0.3 is 9.47 Å². The normalized spacial score (nSPS) is 14.2. The van der Waals surface area contributed by atoms with Crippen LogP contribution in [0.5, 0.6) is 11.5 Å². The lowest BCUT2D eigenvalue weighted by Gasteiger charge is -2.11. The van der Waals surface area contributed by atoms with Gasteiger partial charge in [-0.2, -0.15) is 15.8 Å². The van der Waals surface area contributed by atoms with E-state index in [-0.39, 0.29) is 22.3 Å². The van der Waals surface area contributed by atoms with Crippen molar-refractivity contribution in [1.82, 2.24) is 0 Å². The summed E-state index contributed by atoms with van der Waals surface area (Å²) in [4.78, 5) is 0. The maximum Gasteiger partial charge on any atom is 0.573 e. The maximum atomic E-state index is 12.9. The fourth-order valence-electron chi connectivity index (χ4n) is 4.94. The molecule has 3 aromatic carbocycles. The Kier molecular flexibility index (Phi) is 5.66. The number of halogens is 6. The van der Waals surface area contributed by atoms with Crippen LogP contribution in [0.3, 0.4) is 0 Å². The summed E-state index contributed by atoms with van der Waals surface area (Å²) in [5.74, 6) is -1.03. The second-order valence-corrected chi connectivity index (χ2v) is 8.54. The summed E-state index contributed by atoms with van der Waals surface area (Å²) < 4.78 is 85.3. The lowest BCUT2D eigenvalue weighted by atomic mass is 9.93. The van der Waals surface area contributed by atoms with Gasteiger partial charge in [0.25, 0.3) is 0 Å². The summed E-state index contributed by atoms with van der Waals surface area (Å²) in [6.45, 7) is 1.49. The average Bonchev–Trinajstić information content (AvgIpc) is 3.32. The van der Waals surface area contributed by atoms with Gasteiger partial charge in [-0.15, -0.1) is 26.3 Å². The molecule has 5 nitrogen and oxygen atoms in total. The van der Waals surface area contributed by atoms with Crippen LogP contribution in [0.15, 0.2) is 59.7 Å². The first kappa shape index (κ1) is 25.4. The van der Waals surface area contributed by atoms with Gasteiger partial charge in [-0.1, -0.05) is 12.1 Å². The van der Waals surface area contributed by atoms with Crippen molar-refractivity contribution in [2.75, 3.05) is 0 Å². The molecule has 2 aliphatic rings. The van der Waals surface area contributed by atoms with E-state index in [0.717, 1.165) is 18.2 Å². The molecule has 0 aliphatic heterocycles. The number of benzene rings is 3. The van der Waals surface area contributed by atoms with Crippen molar-refractivity contribution in [3.05, 3.63) is 81.9 Å². The van der Waals surface area contributed by atoms with Gasteiger partial charge >= 0.3 is 12.7 Å². The van der Waals surface area contributed by atoms with Crippen LogP contribution in [0, 0.1) is 34.0 Å². The van der Waals surface area contributed by atoms with E-state index < -0.39 is 24.2 Å². The number of ether oxygens (including phenoxy) is 2. The Morgan fingerprint density at radius 2 is 0.974 bits per heavy atom. The molecular formula is C28H11F6N3O2. The molecule has 0 saturated carbocycles. The molecule has 192 valence electrons. The second kappa shape index (κ2) is 8.68. The summed E-state index contributed by atoms with van der Waals surface area (Å²) >= 11 is 0. The fourth-order valence-corrected chi connectivity index (χ4v) is 4.94. The second-order valence-electron chi connectivity index (χ2n) is 8.54. The van der Waals surface area contributed by atoms with Crippen molar-refractivity contribution in [3.63, 3.8) is 0 Å². The van der Waals surface area contributed by atoms with Crippen molar-refractivity contribution in [2.45, 2.75) is 19.6 Å². The average molecular weight is 535 g/mol. The number of nitriles is 3. The SMILES string of the molecule is C/C(C#N)=C1/c2cc(OC(F)(F)F)ccc2-c2cc3c(cc21)C(=C(C#N)C#N)c1cc(OC(F)(F)F)ccc1-3. The number of hydrogen-bond donors (Lipinski definition) is 0. The summed E-state index contributed by atoms with van der Waals surface area (Å²) in [5, 5.41) is 28.9. The Labute approximate surface area is 216 Å². The number of alkyl halides is 6. The van der Waals surface area contributed by atoms with Crippen molar-refractivity contribution in [2.24, 2.45) is 0 Å². The minimum absolute atomic E-state index is 0.0754. The van der Waals surface area contributed by atoms with E-state index in [4.69, 9.17) is 0 Å². The molecule has 0 heterocycles. The van der Waals surface area contributed by atoms with Crippen molar-refractivity contribution < 1.29 is 35.8 Å². The smallest absolute Gasteiger partial charge is 0.406 e. The molecule has 11 heteroatoms. The molecule has 0 amide bonds. The summed E-state index contributed by atoms with van der Waals surface area (Å²) in [6.07, 6.45) is -9.90. The van der Waals surface area contributed by atoms with Crippen molar-refractivity contribution in [3.8, 4) is 52.0 Å². The van der Waals surface area contributed by atoms with E-state index in [9.17, 15) is 42.1 Å². The Bertz CT molecular complexity index is 1760. The van der Waals surface area contributed by atoms with E-state index in [1.54, 1.807) is 24.3 Å². The van der Waals surface area contributed by atoms with E-state index in [2.05, 4.69) is 9.47 Å². The predicted molar refractivity (Wildman–Crippen MR) is 125 cm³/mol. The molecule has 0 atom stereocenters. The van der Waals surface area contributed by atoms with Gasteiger partial charge in [-0.25, -0.2) is 0 Å². The van der Waals surface area contributed by atoms with Crippen LogP contribution in [0.25, 0.3) is 33.4 Å². The zero-order valence-corrected chi connectivity index (χ0v) is 19.5. The highest BCUT2D eigenvalue weighted by atomic mass is 19.4. The summed E-state index contributed by atoms with van der Waals surface area (Å²) in [5.41, 5.74) is 3.45. The zero-order chi connectivity index (χ0) is 28.3. The van der Waals surface area contributed by atoms with Crippen LogP contribution in [0.4, 0.5) is 26.3 Å². The third kappa shape index (κ3) is 4.32. The van der Waals surface area contributed by atoms with Gasteiger partial charge in [0.15, 0.2) is 0 Å². The molecule has 0 radical (unpaired) electrons. The molecule has 0 fully saturated rings.